The highest BCUT2D eigenvalue weighted by Gasteiger charge is 2.14. The second-order valence-electron chi connectivity index (χ2n) is 4.94. The van der Waals surface area contributed by atoms with Crippen LogP contribution in [0.15, 0.2) is 40.8 Å². The molecule has 1 N–H and O–H groups in total. The quantitative estimate of drug-likeness (QED) is 0.617. The predicted molar refractivity (Wildman–Crippen MR) is 92.3 cm³/mol. The maximum atomic E-state index is 3.14. The largest absolute Gasteiger partial charge is 0.388 e. The van der Waals surface area contributed by atoms with E-state index in [1.807, 2.05) is 32.8 Å². The molecule has 1 heterocycles. The number of hydrogen-bond acceptors (Lipinski definition) is 3. The first-order chi connectivity index (χ1) is 9.69. The minimum atomic E-state index is 0.701. The van der Waals surface area contributed by atoms with Crippen molar-refractivity contribution in [2.45, 2.75) is 39.0 Å². The highest BCUT2D eigenvalue weighted by molar-refractivity contribution is 7.97. The van der Waals surface area contributed by atoms with Crippen molar-refractivity contribution >= 4 is 17.6 Å². The Kier molecular flexibility index (Phi) is 7.78. The fraction of sp³-hybridized carbons (Fsp3) is 0.529. The number of benzene rings is 1. The van der Waals surface area contributed by atoms with Gasteiger partial charge in [0, 0.05) is 30.7 Å². The van der Waals surface area contributed by atoms with E-state index in [-0.39, 0.29) is 0 Å². The van der Waals surface area contributed by atoms with Crippen LogP contribution < -0.4 is 5.32 Å². The van der Waals surface area contributed by atoms with Crippen LogP contribution in [0.4, 0.5) is 5.69 Å². The molecule has 0 aliphatic carbocycles. The first-order valence-corrected chi connectivity index (χ1v) is 8.36. The maximum Gasteiger partial charge on any atom is 0.0338 e. The summed E-state index contributed by atoms with van der Waals surface area (Å²) >= 11 is 1.86. The molecule has 0 radical (unpaired) electrons. The molecule has 1 aromatic carbocycles. The van der Waals surface area contributed by atoms with E-state index in [0.717, 1.165) is 13.1 Å². The third-order valence-corrected chi connectivity index (χ3v) is 4.40. The number of nitrogens with zero attached hydrogens (tertiary/aromatic N) is 1. The van der Waals surface area contributed by atoms with Crippen molar-refractivity contribution in [1.29, 1.82) is 0 Å². The molecule has 0 bridgehead atoms. The van der Waals surface area contributed by atoms with Gasteiger partial charge in [0.05, 0.1) is 0 Å². The fourth-order valence-corrected chi connectivity index (χ4v) is 2.99. The molecule has 2 nitrogen and oxygen atoms in total. The molecule has 0 unspecified atom stereocenters. The number of hydrogen-bond donors (Lipinski definition) is 1. The normalized spacial score (nSPS) is 15.4. The number of nitrogens with one attached hydrogen (secondary N) is 1. The van der Waals surface area contributed by atoms with E-state index in [2.05, 4.69) is 53.8 Å². The summed E-state index contributed by atoms with van der Waals surface area (Å²) in [6.45, 7) is 10.8. The summed E-state index contributed by atoms with van der Waals surface area (Å²) < 4.78 is 2.43. The van der Waals surface area contributed by atoms with Crippen LogP contribution in [0, 0.1) is 5.92 Å². The Morgan fingerprint density at radius 3 is 2.25 bits per heavy atom. The standard InChI is InChI=1S/C15H22N2S.C2H6/c1-12(2)13-8-10-17(11-9-13)18-15-6-4-14(16-3)5-7-15;1-2/h4-8,12,16H,9-11H2,1-3H3;1-2H3. The van der Waals surface area contributed by atoms with Gasteiger partial charge in [0.1, 0.15) is 0 Å². The van der Waals surface area contributed by atoms with E-state index in [1.54, 1.807) is 5.57 Å². The second-order valence-corrected chi connectivity index (χ2v) is 6.11. The van der Waals surface area contributed by atoms with Gasteiger partial charge in [-0.25, -0.2) is 4.31 Å². The Labute approximate surface area is 128 Å². The highest BCUT2D eigenvalue weighted by Crippen LogP contribution is 2.28. The van der Waals surface area contributed by atoms with Gasteiger partial charge in [0.25, 0.3) is 0 Å². The van der Waals surface area contributed by atoms with Gasteiger partial charge in [-0.1, -0.05) is 39.3 Å². The summed E-state index contributed by atoms with van der Waals surface area (Å²) in [6.07, 6.45) is 3.60. The van der Waals surface area contributed by atoms with Crippen molar-refractivity contribution in [1.82, 2.24) is 4.31 Å². The van der Waals surface area contributed by atoms with Crippen molar-refractivity contribution in [2.24, 2.45) is 5.92 Å². The maximum absolute atomic E-state index is 3.14. The molecule has 0 fully saturated rings. The third-order valence-electron chi connectivity index (χ3n) is 3.33. The van der Waals surface area contributed by atoms with Crippen molar-refractivity contribution in [3.05, 3.63) is 35.9 Å². The minimum Gasteiger partial charge on any atom is -0.388 e. The lowest BCUT2D eigenvalue weighted by molar-refractivity contribution is 0.478. The molecule has 2 rings (SSSR count). The van der Waals surface area contributed by atoms with Gasteiger partial charge in [-0.3, -0.25) is 0 Å². The molecule has 3 heteroatoms. The zero-order chi connectivity index (χ0) is 15.0. The third kappa shape index (κ3) is 5.22. The number of anilines is 1. The zero-order valence-electron chi connectivity index (χ0n) is 13.4. The van der Waals surface area contributed by atoms with Gasteiger partial charge in [-0.15, -0.1) is 0 Å². The summed E-state index contributed by atoms with van der Waals surface area (Å²) in [7, 11) is 1.95. The van der Waals surface area contributed by atoms with Gasteiger partial charge in [-0.2, -0.15) is 0 Å². The van der Waals surface area contributed by atoms with E-state index in [9.17, 15) is 0 Å². The molecule has 0 amide bonds. The van der Waals surface area contributed by atoms with Gasteiger partial charge in [0.15, 0.2) is 0 Å². The van der Waals surface area contributed by atoms with E-state index < -0.39 is 0 Å². The Bertz CT molecular complexity index is 410. The Morgan fingerprint density at radius 1 is 1.15 bits per heavy atom. The fourth-order valence-electron chi connectivity index (χ4n) is 2.11. The van der Waals surface area contributed by atoms with Crippen molar-refractivity contribution < 1.29 is 0 Å². The second kappa shape index (κ2) is 9.09. The van der Waals surface area contributed by atoms with Crippen LogP contribution in [0.1, 0.15) is 34.1 Å². The molecule has 0 aromatic heterocycles. The zero-order valence-corrected chi connectivity index (χ0v) is 14.3. The van der Waals surface area contributed by atoms with Crippen LogP contribution >= 0.6 is 11.9 Å². The topological polar surface area (TPSA) is 15.3 Å². The molecule has 0 spiro atoms. The summed E-state index contributed by atoms with van der Waals surface area (Å²) in [5, 5.41) is 3.14. The van der Waals surface area contributed by atoms with E-state index >= 15 is 0 Å². The average Bonchev–Trinajstić information content (AvgIpc) is 2.50. The SMILES string of the molecule is CC.CNc1ccc(SN2CC=C(C(C)C)CC2)cc1. The van der Waals surface area contributed by atoms with Gasteiger partial charge < -0.3 is 5.32 Å². The van der Waals surface area contributed by atoms with Crippen LogP contribution in [-0.4, -0.2) is 24.4 Å². The minimum absolute atomic E-state index is 0.701. The number of rotatable bonds is 4. The molecule has 1 aromatic rings. The smallest absolute Gasteiger partial charge is 0.0338 e. The molecule has 0 saturated carbocycles. The summed E-state index contributed by atoms with van der Waals surface area (Å²) in [5.41, 5.74) is 2.78. The molecule has 20 heavy (non-hydrogen) atoms. The first kappa shape index (κ1) is 17.1. The van der Waals surface area contributed by atoms with Crippen molar-refractivity contribution in [2.75, 3.05) is 25.5 Å². The lowest BCUT2D eigenvalue weighted by atomic mass is 9.98. The van der Waals surface area contributed by atoms with Crippen LogP contribution in [0.5, 0.6) is 0 Å². The summed E-state index contributed by atoms with van der Waals surface area (Å²) in [6, 6.07) is 8.61. The first-order valence-electron chi connectivity index (χ1n) is 7.58. The Balaban J connectivity index is 0.000000956. The molecule has 112 valence electrons. The average molecular weight is 292 g/mol. The lowest BCUT2D eigenvalue weighted by Gasteiger charge is -2.26. The molecule has 1 aliphatic rings. The van der Waals surface area contributed by atoms with Gasteiger partial charge >= 0.3 is 0 Å². The molecular formula is C17H28N2S. The van der Waals surface area contributed by atoms with Crippen molar-refractivity contribution in [3.63, 3.8) is 0 Å². The van der Waals surface area contributed by atoms with Gasteiger partial charge in [0.2, 0.25) is 0 Å². The summed E-state index contributed by atoms with van der Waals surface area (Å²) in [5.74, 6) is 0.701. The Hall–Kier alpha value is -0.930. The lowest BCUT2D eigenvalue weighted by Crippen LogP contribution is -2.23. The Morgan fingerprint density at radius 2 is 1.80 bits per heavy atom. The highest BCUT2D eigenvalue weighted by atomic mass is 32.2. The predicted octanol–water partition coefficient (Wildman–Crippen LogP) is 5.05. The van der Waals surface area contributed by atoms with Crippen LogP contribution in [0.3, 0.4) is 0 Å². The van der Waals surface area contributed by atoms with Crippen LogP contribution in [0.25, 0.3) is 0 Å². The molecule has 1 aliphatic heterocycles. The molecule has 0 atom stereocenters. The van der Waals surface area contributed by atoms with E-state index in [0.29, 0.717) is 5.92 Å². The molecular weight excluding hydrogens is 264 g/mol. The summed E-state index contributed by atoms with van der Waals surface area (Å²) in [4.78, 5) is 1.32. The van der Waals surface area contributed by atoms with Gasteiger partial charge in [-0.05, 0) is 48.6 Å². The monoisotopic (exact) mass is 292 g/mol. The van der Waals surface area contributed by atoms with Crippen molar-refractivity contribution in [3.8, 4) is 0 Å². The van der Waals surface area contributed by atoms with E-state index in [4.69, 9.17) is 0 Å². The molecule has 0 saturated heterocycles. The van der Waals surface area contributed by atoms with E-state index in [1.165, 1.54) is 17.0 Å². The van der Waals surface area contributed by atoms with Crippen LogP contribution in [-0.2, 0) is 0 Å². The van der Waals surface area contributed by atoms with Crippen LogP contribution in [0.2, 0.25) is 0 Å².